The summed E-state index contributed by atoms with van der Waals surface area (Å²) in [5, 5.41) is 11.2. The third kappa shape index (κ3) is 3.69. The van der Waals surface area contributed by atoms with E-state index in [-0.39, 0.29) is 11.8 Å². The fourth-order valence-corrected chi connectivity index (χ4v) is 2.95. The molecule has 0 spiro atoms. The molecule has 2 heterocycles. The Morgan fingerprint density at radius 2 is 1.90 bits per heavy atom. The predicted octanol–water partition coefficient (Wildman–Crippen LogP) is 1.83. The van der Waals surface area contributed by atoms with Crippen LogP contribution in [0, 0.1) is 5.92 Å². The van der Waals surface area contributed by atoms with Gasteiger partial charge in [-0.3, -0.25) is 4.79 Å². The molecule has 1 amide bonds. The van der Waals surface area contributed by atoms with E-state index in [4.69, 9.17) is 4.74 Å². The Labute approximate surface area is 124 Å². The standard InChI is InChI=1S/C15H22N4O2/c20-15(12-4-2-1-3-5-12)16-13-6-7-14(18-17-13)19-8-10-21-11-9-19/h6-7,12H,1-5,8-11H2,(H,16,17,20). The van der Waals surface area contributed by atoms with Gasteiger partial charge in [0.2, 0.25) is 5.91 Å². The van der Waals surface area contributed by atoms with E-state index in [2.05, 4.69) is 20.4 Å². The quantitative estimate of drug-likeness (QED) is 0.920. The van der Waals surface area contributed by atoms with E-state index in [1.165, 1.54) is 6.42 Å². The number of nitrogens with zero attached hydrogens (tertiary/aromatic N) is 3. The Kier molecular flexibility index (Phi) is 4.65. The van der Waals surface area contributed by atoms with Gasteiger partial charge in [0.1, 0.15) is 0 Å². The van der Waals surface area contributed by atoms with E-state index in [0.717, 1.165) is 57.8 Å². The van der Waals surface area contributed by atoms with Crippen LogP contribution in [0.1, 0.15) is 32.1 Å². The first-order chi connectivity index (χ1) is 10.3. The fraction of sp³-hybridized carbons (Fsp3) is 0.667. The molecule has 0 atom stereocenters. The van der Waals surface area contributed by atoms with Crippen molar-refractivity contribution in [3.05, 3.63) is 12.1 Å². The molecule has 6 heteroatoms. The first kappa shape index (κ1) is 14.3. The number of anilines is 2. The topological polar surface area (TPSA) is 67.4 Å². The van der Waals surface area contributed by atoms with E-state index >= 15 is 0 Å². The number of hydrogen-bond acceptors (Lipinski definition) is 5. The van der Waals surface area contributed by atoms with E-state index in [0.29, 0.717) is 5.82 Å². The largest absolute Gasteiger partial charge is 0.378 e. The molecule has 1 aromatic heterocycles. The average Bonchev–Trinajstić information content (AvgIpc) is 2.57. The molecule has 0 radical (unpaired) electrons. The van der Waals surface area contributed by atoms with Crippen LogP contribution in [0.3, 0.4) is 0 Å². The number of aromatic nitrogens is 2. The molecule has 2 fully saturated rings. The summed E-state index contributed by atoms with van der Waals surface area (Å²) >= 11 is 0. The molecule has 1 N–H and O–H groups in total. The van der Waals surface area contributed by atoms with Gasteiger partial charge in [-0.05, 0) is 25.0 Å². The average molecular weight is 290 g/mol. The summed E-state index contributed by atoms with van der Waals surface area (Å²) in [7, 11) is 0. The zero-order valence-electron chi connectivity index (χ0n) is 12.3. The monoisotopic (exact) mass is 290 g/mol. The van der Waals surface area contributed by atoms with Crippen molar-refractivity contribution in [2.75, 3.05) is 36.5 Å². The molecule has 2 aliphatic rings. The van der Waals surface area contributed by atoms with Crippen molar-refractivity contribution in [3.8, 4) is 0 Å². The molecule has 1 saturated heterocycles. The number of morpholine rings is 1. The number of nitrogens with one attached hydrogen (secondary N) is 1. The number of ether oxygens (including phenoxy) is 1. The highest BCUT2D eigenvalue weighted by Crippen LogP contribution is 2.24. The molecule has 6 nitrogen and oxygen atoms in total. The molecular formula is C15H22N4O2. The lowest BCUT2D eigenvalue weighted by Gasteiger charge is -2.27. The van der Waals surface area contributed by atoms with Gasteiger partial charge in [0.25, 0.3) is 0 Å². The van der Waals surface area contributed by atoms with Gasteiger partial charge in [0.15, 0.2) is 11.6 Å². The van der Waals surface area contributed by atoms with Crippen molar-refractivity contribution in [1.82, 2.24) is 10.2 Å². The van der Waals surface area contributed by atoms with Crippen LogP contribution in [0.5, 0.6) is 0 Å². The molecule has 1 aromatic rings. The Hall–Kier alpha value is -1.69. The van der Waals surface area contributed by atoms with Crippen molar-refractivity contribution in [2.45, 2.75) is 32.1 Å². The molecule has 1 aliphatic carbocycles. The second-order valence-electron chi connectivity index (χ2n) is 5.70. The van der Waals surface area contributed by atoms with E-state index in [1.807, 2.05) is 12.1 Å². The molecule has 0 unspecified atom stereocenters. The maximum atomic E-state index is 12.1. The minimum atomic E-state index is 0.0862. The molecular weight excluding hydrogens is 268 g/mol. The summed E-state index contributed by atoms with van der Waals surface area (Å²) in [6.45, 7) is 3.12. The fourth-order valence-electron chi connectivity index (χ4n) is 2.95. The van der Waals surface area contributed by atoms with Crippen molar-refractivity contribution in [1.29, 1.82) is 0 Å². The van der Waals surface area contributed by atoms with Gasteiger partial charge in [-0.25, -0.2) is 0 Å². The Bertz CT molecular complexity index is 465. The van der Waals surface area contributed by atoms with Gasteiger partial charge >= 0.3 is 0 Å². The highest BCUT2D eigenvalue weighted by atomic mass is 16.5. The van der Waals surface area contributed by atoms with Crippen molar-refractivity contribution in [3.63, 3.8) is 0 Å². The third-order valence-corrected chi connectivity index (χ3v) is 4.21. The summed E-state index contributed by atoms with van der Waals surface area (Å²) in [6.07, 6.45) is 5.54. The zero-order valence-corrected chi connectivity index (χ0v) is 12.3. The van der Waals surface area contributed by atoms with Crippen LogP contribution in [-0.4, -0.2) is 42.4 Å². The van der Waals surface area contributed by atoms with Crippen LogP contribution in [-0.2, 0) is 9.53 Å². The maximum absolute atomic E-state index is 12.1. The minimum Gasteiger partial charge on any atom is -0.378 e. The van der Waals surface area contributed by atoms with E-state index in [9.17, 15) is 4.79 Å². The van der Waals surface area contributed by atoms with Gasteiger partial charge in [0.05, 0.1) is 13.2 Å². The van der Waals surface area contributed by atoms with Gasteiger partial charge < -0.3 is 15.0 Å². The Morgan fingerprint density at radius 1 is 1.14 bits per heavy atom. The van der Waals surface area contributed by atoms with Gasteiger partial charge in [-0.2, -0.15) is 0 Å². The van der Waals surface area contributed by atoms with E-state index < -0.39 is 0 Å². The summed E-state index contributed by atoms with van der Waals surface area (Å²) in [4.78, 5) is 14.3. The first-order valence-corrected chi connectivity index (χ1v) is 7.80. The summed E-state index contributed by atoms with van der Waals surface area (Å²) in [5.74, 6) is 1.61. The second-order valence-corrected chi connectivity index (χ2v) is 5.70. The molecule has 0 aromatic carbocycles. The normalized spacial score (nSPS) is 20.3. The lowest BCUT2D eigenvalue weighted by molar-refractivity contribution is -0.120. The summed E-state index contributed by atoms with van der Waals surface area (Å²) < 4.78 is 5.32. The number of rotatable bonds is 3. The third-order valence-electron chi connectivity index (χ3n) is 4.21. The van der Waals surface area contributed by atoms with Crippen LogP contribution < -0.4 is 10.2 Å². The van der Waals surface area contributed by atoms with Crippen LogP contribution in [0.2, 0.25) is 0 Å². The second kappa shape index (κ2) is 6.85. The van der Waals surface area contributed by atoms with Gasteiger partial charge in [-0.1, -0.05) is 19.3 Å². The summed E-state index contributed by atoms with van der Waals surface area (Å²) in [5.41, 5.74) is 0. The van der Waals surface area contributed by atoms with Crippen molar-refractivity contribution >= 4 is 17.5 Å². The van der Waals surface area contributed by atoms with Crippen LogP contribution >= 0.6 is 0 Å². The Balaban J connectivity index is 1.57. The van der Waals surface area contributed by atoms with Crippen molar-refractivity contribution < 1.29 is 9.53 Å². The maximum Gasteiger partial charge on any atom is 0.228 e. The molecule has 114 valence electrons. The summed E-state index contributed by atoms with van der Waals surface area (Å²) in [6, 6.07) is 3.74. The molecule has 3 rings (SSSR count). The Morgan fingerprint density at radius 3 is 2.57 bits per heavy atom. The lowest BCUT2D eigenvalue weighted by Crippen LogP contribution is -2.36. The first-order valence-electron chi connectivity index (χ1n) is 7.80. The smallest absolute Gasteiger partial charge is 0.228 e. The highest BCUT2D eigenvalue weighted by molar-refractivity contribution is 5.91. The molecule has 1 aliphatic heterocycles. The predicted molar refractivity (Wildman–Crippen MR) is 80.3 cm³/mol. The number of hydrogen-bond donors (Lipinski definition) is 1. The number of carbonyl (C=O) groups is 1. The number of carbonyl (C=O) groups excluding carboxylic acids is 1. The number of amides is 1. The minimum absolute atomic E-state index is 0.0862. The van der Waals surface area contributed by atoms with E-state index in [1.54, 1.807) is 0 Å². The van der Waals surface area contributed by atoms with Gasteiger partial charge in [-0.15, -0.1) is 10.2 Å². The molecule has 0 bridgehead atoms. The van der Waals surface area contributed by atoms with Crippen LogP contribution in [0.25, 0.3) is 0 Å². The van der Waals surface area contributed by atoms with Crippen LogP contribution in [0.15, 0.2) is 12.1 Å². The molecule has 21 heavy (non-hydrogen) atoms. The van der Waals surface area contributed by atoms with Crippen molar-refractivity contribution in [2.24, 2.45) is 5.92 Å². The SMILES string of the molecule is O=C(Nc1ccc(N2CCOCC2)nn1)C1CCCCC1. The molecule has 1 saturated carbocycles. The zero-order chi connectivity index (χ0) is 14.5. The lowest BCUT2D eigenvalue weighted by atomic mass is 9.89. The highest BCUT2D eigenvalue weighted by Gasteiger charge is 2.21. The van der Waals surface area contributed by atoms with Crippen LogP contribution in [0.4, 0.5) is 11.6 Å². The van der Waals surface area contributed by atoms with Gasteiger partial charge in [0, 0.05) is 19.0 Å².